The Labute approximate surface area is 199 Å². The highest BCUT2D eigenvalue weighted by molar-refractivity contribution is 5.67. The Bertz CT molecular complexity index is 950. The van der Waals surface area contributed by atoms with E-state index in [1.807, 2.05) is 0 Å². The van der Waals surface area contributed by atoms with Crippen molar-refractivity contribution in [3.8, 4) is 34.5 Å². The molecule has 0 aliphatic heterocycles. The molecule has 34 heavy (non-hydrogen) atoms. The van der Waals surface area contributed by atoms with Crippen LogP contribution in [-0.2, 0) is 9.53 Å². The van der Waals surface area contributed by atoms with Crippen LogP contribution in [0.3, 0.4) is 0 Å². The SMILES string of the molecule is COc1cc([C@@H](OC(C)=O)[C@@H](C)Oc2c(OC)cc(C=CCO)cc2OC)cc(OC)c1OC. The highest BCUT2D eigenvalue weighted by Gasteiger charge is 2.29. The molecule has 2 atom stereocenters. The molecule has 0 heterocycles. The minimum Gasteiger partial charge on any atom is -0.493 e. The van der Waals surface area contributed by atoms with Gasteiger partial charge in [-0.2, -0.15) is 0 Å². The molecule has 9 heteroatoms. The first-order chi connectivity index (χ1) is 16.3. The second kappa shape index (κ2) is 12.6. The molecule has 0 fully saturated rings. The van der Waals surface area contributed by atoms with Crippen LogP contribution in [0.25, 0.3) is 6.08 Å². The third-order valence-electron chi connectivity index (χ3n) is 4.94. The van der Waals surface area contributed by atoms with Crippen LogP contribution in [0.1, 0.15) is 31.1 Å². The molecule has 0 spiro atoms. The minimum absolute atomic E-state index is 0.0984. The van der Waals surface area contributed by atoms with Crippen LogP contribution in [0.4, 0.5) is 0 Å². The molecule has 186 valence electrons. The first-order valence-electron chi connectivity index (χ1n) is 10.5. The van der Waals surface area contributed by atoms with Gasteiger partial charge in [0.15, 0.2) is 29.1 Å². The van der Waals surface area contributed by atoms with Gasteiger partial charge < -0.3 is 38.3 Å². The normalized spacial score (nSPS) is 12.6. The zero-order valence-electron chi connectivity index (χ0n) is 20.5. The molecule has 0 radical (unpaired) electrons. The summed E-state index contributed by atoms with van der Waals surface area (Å²) in [7, 11) is 7.53. The van der Waals surface area contributed by atoms with Crippen LogP contribution < -0.4 is 28.4 Å². The fourth-order valence-electron chi connectivity index (χ4n) is 3.43. The zero-order chi connectivity index (χ0) is 25.3. The number of esters is 1. The van der Waals surface area contributed by atoms with Crippen LogP contribution in [0, 0.1) is 0 Å². The summed E-state index contributed by atoms with van der Waals surface area (Å²) in [5.41, 5.74) is 1.33. The lowest BCUT2D eigenvalue weighted by Crippen LogP contribution is -2.26. The average molecular weight is 477 g/mol. The number of aliphatic hydroxyl groups excluding tert-OH is 1. The molecule has 0 aliphatic carbocycles. The number of aliphatic hydroxyl groups is 1. The van der Waals surface area contributed by atoms with Gasteiger partial charge in [-0.25, -0.2) is 0 Å². The number of hydrogen-bond donors (Lipinski definition) is 1. The standard InChI is InChI=1S/C25H32O9/c1-15(33-25-19(28-3)11-17(9-8-10-26)12-20(25)29-4)23(34-16(2)27)18-13-21(30-5)24(32-7)22(14-18)31-6/h8-9,11-15,23,26H,10H2,1-7H3/t15-,23+/m1/s1. The van der Waals surface area contributed by atoms with Crippen molar-refractivity contribution in [2.75, 3.05) is 42.2 Å². The van der Waals surface area contributed by atoms with Crippen LogP contribution in [0.5, 0.6) is 34.5 Å². The maximum Gasteiger partial charge on any atom is 0.303 e. The van der Waals surface area contributed by atoms with Gasteiger partial charge in [0.1, 0.15) is 6.10 Å². The highest BCUT2D eigenvalue weighted by atomic mass is 16.6. The van der Waals surface area contributed by atoms with E-state index in [1.165, 1.54) is 42.5 Å². The molecule has 0 amide bonds. The van der Waals surface area contributed by atoms with Gasteiger partial charge in [-0.3, -0.25) is 4.79 Å². The topological polar surface area (TPSA) is 102 Å². The third kappa shape index (κ3) is 6.26. The first kappa shape index (κ1) is 26.7. The summed E-state index contributed by atoms with van der Waals surface area (Å²) in [6.07, 6.45) is 1.83. The number of benzene rings is 2. The molecule has 2 aromatic carbocycles. The van der Waals surface area contributed by atoms with Crippen molar-refractivity contribution >= 4 is 12.0 Å². The molecule has 0 saturated carbocycles. The number of hydrogen-bond acceptors (Lipinski definition) is 9. The Morgan fingerprint density at radius 1 is 0.853 bits per heavy atom. The number of methoxy groups -OCH3 is 5. The highest BCUT2D eigenvalue weighted by Crippen LogP contribution is 2.44. The summed E-state index contributed by atoms with van der Waals surface area (Å²) < 4.78 is 39.2. The van der Waals surface area contributed by atoms with Crippen molar-refractivity contribution in [2.24, 2.45) is 0 Å². The zero-order valence-corrected chi connectivity index (χ0v) is 20.5. The molecule has 0 bridgehead atoms. The predicted octanol–water partition coefficient (Wildman–Crippen LogP) is 3.81. The molecular weight excluding hydrogens is 444 g/mol. The molecule has 0 saturated heterocycles. The second-order valence-electron chi connectivity index (χ2n) is 7.15. The predicted molar refractivity (Wildman–Crippen MR) is 126 cm³/mol. The smallest absolute Gasteiger partial charge is 0.303 e. The van der Waals surface area contributed by atoms with E-state index < -0.39 is 18.2 Å². The molecule has 0 aromatic heterocycles. The lowest BCUT2D eigenvalue weighted by atomic mass is 10.0. The summed E-state index contributed by atoms with van der Waals surface area (Å²) in [4.78, 5) is 12.0. The van der Waals surface area contributed by atoms with Crippen molar-refractivity contribution in [2.45, 2.75) is 26.1 Å². The van der Waals surface area contributed by atoms with Gasteiger partial charge in [0.05, 0.1) is 42.2 Å². The van der Waals surface area contributed by atoms with E-state index in [-0.39, 0.29) is 6.61 Å². The molecule has 0 unspecified atom stereocenters. The van der Waals surface area contributed by atoms with E-state index in [0.29, 0.717) is 40.1 Å². The van der Waals surface area contributed by atoms with Gasteiger partial charge in [-0.1, -0.05) is 12.2 Å². The van der Waals surface area contributed by atoms with Gasteiger partial charge in [0.25, 0.3) is 0 Å². The minimum atomic E-state index is -0.824. The quantitative estimate of drug-likeness (QED) is 0.458. The van der Waals surface area contributed by atoms with Gasteiger partial charge in [0, 0.05) is 12.5 Å². The lowest BCUT2D eigenvalue weighted by Gasteiger charge is -2.27. The van der Waals surface area contributed by atoms with Gasteiger partial charge in [-0.15, -0.1) is 0 Å². The van der Waals surface area contributed by atoms with Crippen LogP contribution in [0.2, 0.25) is 0 Å². The summed E-state index contributed by atoms with van der Waals surface area (Å²) >= 11 is 0. The Morgan fingerprint density at radius 3 is 1.76 bits per heavy atom. The van der Waals surface area contributed by atoms with Crippen molar-refractivity contribution in [1.82, 2.24) is 0 Å². The average Bonchev–Trinajstić information content (AvgIpc) is 2.84. The van der Waals surface area contributed by atoms with E-state index >= 15 is 0 Å². The Morgan fingerprint density at radius 2 is 1.35 bits per heavy atom. The molecule has 0 aliphatic rings. The summed E-state index contributed by atoms with van der Waals surface area (Å²) in [5, 5.41) is 9.06. The molecule has 2 aromatic rings. The molecule has 9 nitrogen and oxygen atoms in total. The van der Waals surface area contributed by atoms with Crippen LogP contribution >= 0.6 is 0 Å². The van der Waals surface area contributed by atoms with E-state index in [2.05, 4.69) is 0 Å². The van der Waals surface area contributed by atoms with Crippen molar-refractivity contribution in [3.05, 3.63) is 41.5 Å². The van der Waals surface area contributed by atoms with E-state index in [1.54, 1.807) is 43.3 Å². The summed E-state index contributed by atoms with van der Waals surface area (Å²) in [5.74, 6) is 1.91. The number of ether oxygens (including phenoxy) is 7. The molecule has 1 N–H and O–H groups in total. The van der Waals surface area contributed by atoms with E-state index in [9.17, 15) is 4.79 Å². The van der Waals surface area contributed by atoms with Crippen LogP contribution in [-0.4, -0.2) is 59.3 Å². The van der Waals surface area contributed by atoms with Crippen molar-refractivity contribution in [3.63, 3.8) is 0 Å². The van der Waals surface area contributed by atoms with Gasteiger partial charge >= 0.3 is 5.97 Å². The van der Waals surface area contributed by atoms with Crippen molar-refractivity contribution in [1.29, 1.82) is 0 Å². The third-order valence-corrected chi connectivity index (χ3v) is 4.94. The second-order valence-corrected chi connectivity index (χ2v) is 7.15. The van der Waals surface area contributed by atoms with Gasteiger partial charge in [0.2, 0.25) is 11.5 Å². The Kier molecular flexibility index (Phi) is 9.88. The summed E-state index contributed by atoms with van der Waals surface area (Å²) in [6, 6.07) is 6.89. The first-order valence-corrected chi connectivity index (χ1v) is 10.5. The number of carbonyl (C=O) groups is 1. The largest absolute Gasteiger partial charge is 0.493 e. The summed E-state index contributed by atoms with van der Waals surface area (Å²) in [6.45, 7) is 2.98. The van der Waals surface area contributed by atoms with E-state index in [4.69, 9.17) is 38.3 Å². The monoisotopic (exact) mass is 476 g/mol. The maximum atomic E-state index is 12.0. The van der Waals surface area contributed by atoms with E-state index in [0.717, 1.165) is 5.56 Å². The lowest BCUT2D eigenvalue weighted by molar-refractivity contribution is -0.151. The Balaban J connectivity index is 2.53. The van der Waals surface area contributed by atoms with Crippen LogP contribution in [0.15, 0.2) is 30.3 Å². The van der Waals surface area contributed by atoms with Gasteiger partial charge in [-0.05, 0) is 36.8 Å². The fraction of sp³-hybridized carbons (Fsp3) is 0.400. The number of carbonyl (C=O) groups excluding carboxylic acids is 1. The maximum absolute atomic E-state index is 12.0. The fourth-order valence-corrected chi connectivity index (χ4v) is 3.43. The Hall–Kier alpha value is -3.59. The number of rotatable bonds is 12. The molecular formula is C25H32O9. The molecule has 2 rings (SSSR count). The van der Waals surface area contributed by atoms with Crippen molar-refractivity contribution < 1.29 is 43.1 Å².